The lowest BCUT2D eigenvalue weighted by Crippen LogP contribution is -2.51. The SMILES string of the molecule is CC(=O)N1CCN(C(C(N)=O)c2nc3ccc(Sc4cnc5ncccn45)cc3s2)CC1. The molecule has 3 aromatic heterocycles. The summed E-state index contributed by atoms with van der Waals surface area (Å²) in [5.74, 6) is 0.283. The smallest absolute Gasteiger partial charge is 0.241 e. The molecule has 0 saturated carbocycles. The first-order chi connectivity index (χ1) is 15.5. The highest BCUT2D eigenvalue weighted by Gasteiger charge is 2.32. The standard InChI is InChI=1S/C21H21N7O2S2/c1-13(29)26-7-9-27(10-8-26)18(19(22)30)20-25-15-4-3-14(11-16(15)32-20)31-17-12-24-21-23-5-2-6-28(17)21/h2-6,11-12,18H,7-10H2,1H3,(H2,22,30). The van der Waals surface area contributed by atoms with Crippen molar-refractivity contribution >= 4 is 50.9 Å². The van der Waals surface area contributed by atoms with E-state index in [0.29, 0.717) is 37.0 Å². The van der Waals surface area contributed by atoms with Crippen LogP contribution in [0.25, 0.3) is 16.0 Å². The Morgan fingerprint density at radius 3 is 2.75 bits per heavy atom. The maximum absolute atomic E-state index is 12.3. The van der Waals surface area contributed by atoms with Crippen LogP contribution in [0.3, 0.4) is 0 Å². The number of aromatic nitrogens is 4. The highest BCUT2D eigenvalue weighted by molar-refractivity contribution is 7.99. The fourth-order valence-electron chi connectivity index (χ4n) is 3.86. The number of nitrogens with zero attached hydrogens (tertiary/aromatic N) is 6. The number of carbonyl (C=O) groups excluding carboxylic acids is 2. The van der Waals surface area contributed by atoms with Crippen LogP contribution in [0.5, 0.6) is 0 Å². The first kappa shape index (κ1) is 20.9. The number of nitrogens with two attached hydrogens (primary N) is 1. The molecule has 9 nitrogen and oxygen atoms in total. The third kappa shape index (κ3) is 3.94. The number of thiazole rings is 1. The molecule has 32 heavy (non-hydrogen) atoms. The Bertz CT molecular complexity index is 1310. The van der Waals surface area contributed by atoms with Crippen LogP contribution in [0.15, 0.2) is 52.8 Å². The largest absolute Gasteiger partial charge is 0.368 e. The molecule has 1 aliphatic rings. The van der Waals surface area contributed by atoms with E-state index < -0.39 is 11.9 Å². The van der Waals surface area contributed by atoms with Crippen LogP contribution in [-0.2, 0) is 9.59 Å². The van der Waals surface area contributed by atoms with E-state index in [1.165, 1.54) is 11.3 Å². The molecular weight excluding hydrogens is 446 g/mol. The first-order valence-electron chi connectivity index (χ1n) is 10.1. The zero-order valence-electron chi connectivity index (χ0n) is 17.3. The van der Waals surface area contributed by atoms with Crippen molar-refractivity contribution in [3.8, 4) is 0 Å². The molecule has 5 rings (SSSR count). The molecule has 4 aromatic rings. The van der Waals surface area contributed by atoms with Gasteiger partial charge in [0, 0.05) is 50.4 Å². The molecule has 164 valence electrons. The Labute approximate surface area is 192 Å². The van der Waals surface area contributed by atoms with E-state index in [9.17, 15) is 9.59 Å². The van der Waals surface area contributed by atoms with Crippen LogP contribution < -0.4 is 5.73 Å². The van der Waals surface area contributed by atoms with Crippen LogP contribution in [-0.4, -0.2) is 67.1 Å². The molecule has 2 amide bonds. The fourth-order valence-corrected chi connectivity index (χ4v) is 5.98. The Morgan fingerprint density at radius 1 is 1.19 bits per heavy atom. The van der Waals surface area contributed by atoms with Gasteiger partial charge in [-0.05, 0) is 24.3 Å². The van der Waals surface area contributed by atoms with Gasteiger partial charge in [0.1, 0.15) is 16.1 Å². The van der Waals surface area contributed by atoms with Gasteiger partial charge in [-0.2, -0.15) is 0 Å². The molecule has 0 bridgehead atoms. The fraction of sp³-hybridized carbons (Fsp3) is 0.286. The van der Waals surface area contributed by atoms with Gasteiger partial charge in [0.25, 0.3) is 0 Å². The maximum atomic E-state index is 12.3. The second-order valence-corrected chi connectivity index (χ2v) is 9.67. The molecule has 4 heterocycles. The van der Waals surface area contributed by atoms with Gasteiger partial charge >= 0.3 is 0 Å². The second kappa shape index (κ2) is 8.49. The minimum absolute atomic E-state index is 0.0482. The van der Waals surface area contributed by atoms with Crippen molar-refractivity contribution < 1.29 is 9.59 Å². The minimum Gasteiger partial charge on any atom is -0.368 e. The number of carbonyl (C=O) groups is 2. The van der Waals surface area contributed by atoms with Crippen LogP contribution in [0.4, 0.5) is 0 Å². The highest BCUT2D eigenvalue weighted by Crippen LogP contribution is 2.35. The predicted molar refractivity (Wildman–Crippen MR) is 122 cm³/mol. The maximum Gasteiger partial charge on any atom is 0.241 e. The van der Waals surface area contributed by atoms with Crippen LogP contribution in [0.1, 0.15) is 18.0 Å². The van der Waals surface area contributed by atoms with Crippen molar-refractivity contribution in [3.63, 3.8) is 0 Å². The lowest BCUT2D eigenvalue weighted by atomic mass is 10.2. The molecule has 1 saturated heterocycles. The van der Waals surface area contributed by atoms with E-state index >= 15 is 0 Å². The van der Waals surface area contributed by atoms with E-state index in [1.54, 1.807) is 36.0 Å². The molecule has 2 N–H and O–H groups in total. The van der Waals surface area contributed by atoms with Gasteiger partial charge in [-0.25, -0.2) is 15.0 Å². The Hall–Kier alpha value is -3.02. The van der Waals surface area contributed by atoms with Crippen LogP contribution in [0.2, 0.25) is 0 Å². The monoisotopic (exact) mass is 467 g/mol. The number of piperazine rings is 1. The minimum atomic E-state index is -0.595. The average molecular weight is 468 g/mol. The molecule has 1 unspecified atom stereocenters. The average Bonchev–Trinajstić information content (AvgIpc) is 3.38. The highest BCUT2D eigenvalue weighted by atomic mass is 32.2. The van der Waals surface area contributed by atoms with E-state index in [0.717, 1.165) is 20.1 Å². The van der Waals surface area contributed by atoms with Crippen LogP contribution >= 0.6 is 23.1 Å². The molecule has 1 atom stereocenters. The number of amides is 2. The lowest BCUT2D eigenvalue weighted by Gasteiger charge is -2.36. The van der Waals surface area contributed by atoms with Crippen LogP contribution in [0, 0.1) is 0 Å². The van der Waals surface area contributed by atoms with Gasteiger partial charge in [0.15, 0.2) is 0 Å². The Balaban J connectivity index is 1.40. The molecule has 11 heteroatoms. The van der Waals surface area contributed by atoms with E-state index in [1.807, 2.05) is 33.7 Å². The summed E-state index contributed by atoms with van der Waals surface area (Å²) in [5, 5.41) is 1.65. The molecule has 1 aliphatic heterocycles. The summed E-state index contributed by atoms with van der Waals surface area (Å²) in [4.78, 5) is 42.1. The van der Waals surface area contributed by atoms with Gasteiger partial charge < -0.3 is 10.6 Å². The third-order valence-corrected chi connectivity index (χ3v) is 7.55. The molecule has 1 fully saturated rings. The number of fused-ring (bicyclic) bond motifs is 2. The molecule has 0 radical (unpaired) electrons. The van der Waals surface area contributed by atoms with E-state index in [4.69, 9.17) is 10.7 Å². The summed E-state index contributed by atoms with van der Waals surface area (Å²) >= 11 is 3.08. The summed E-state index contributed by atoms with van der Waals surface area (Å²) < 4.78 is 2.93. The van der Waals surface area contributed by atoms with Gasteiger partial charge in [-0.1, -0.05) is 11.8 Å². The normalized spacial score (nSPS) is 16.0. The summed E-state index contributed by atoms with van der Waals surface area (Å²) in [6.45, 7) is 3.91. The Kier molecular flexibility index (Phi) is 5.53. The number of primary amides is 1. The summed E-state index contributed by atoms with van der Waals surface area (Å²) in [7, 11) is 0. The topological polar surface area (TPSA) is 110 Å². The number of benzene rings is 1. The molecule has 1 aromatic carbocycles. The second-order valence-electron chi connectivity index (χ2n) is 7.52. The third-order valence-electron chi connectivity index (χ3n) is 5.48. The number of imidazole rings is 1. The number of hydrogen-bond acceptors (Lipinski definition) is 8. The van der Waals surface area contributed by atoms with Crippen molar-refractivity contribution in [2.45, 2.75) is 22.9 Å². The van der Waals surface area contributed by atoms with Crippen molar-refractivity contribution in [2.75, 3.05) is 26.2 Å². The predicted octanol–water partition coefficient (Wildman–Crippen LogP) is 2.18. The number of hydrogen-bond donors (Lipinski definition) is 1. The zero-order valence-corrected chi connectivity index (χ0v) is 19.0. The van der Waals surface area contributed by atoms with Crippen molar-refractivity contribution in [1.29, 1.82) is 0 Å². The molecule has 0 aliphatic carbocycles. The van der Waals surface area contributed by atoms with E-state index in [-0.39, 0.29) is 5.91 Å². The van der Waals surface area contributed by atoms with Gasteiger partial charge in [-0.3, -0.25) is 18.9 Å². The molecule has 0 spiro atoms. The summed E-state index contributed by atoms with van der Waals surface area (Å²) in [6.07, 6.45) is 5.46. The first-order valence-corrected chi connectivity index (χ1v) is 11.8. The lowest BCUT2D eigenvalue weighted by molar-refractivity contribution is -0.131. The van der Waals surface area contributed by atoms with Crippen molar-refractivity contribution in [1.82, 2.24) is 29.2 Å². The zero-order chi connectivity index (χ0) is 22.2. The Morgan fingerprint density at radius 2 is 2.00 bits per heavy atom. The van der Waals surface area contributed by atoms with Gasteiger partial charge in [0.2, 0.25) is 17.6 Å². The van der Waals surface area contributed by atoms with Crippen molar-refractivity contribution in [2.24, 2.45) is 5.73 Å². The van der Waals surface area contributed by atoms with E-state index in [2.05, 4.69) is 16.0 Å². The summed E-state index contributed by atoms with van der Waals surface area (Å²) in [6, 6.07) is 7.32. The number of rotatable bonds is 5. The molecular formula is C21H21N7O2S2. The van der Waals surface area contributed by atoms with Crippen molar-refractivity contribution in [3.05, 3.63) is 47.9 Å². The van der Waals surface area contributed by atoms with Gasteiger partial charge in [-0.15, -0.1) is 11.3 Å². The van der Waals surface area contributed by atoms with Gasteiger partial charge in [0.05, 0.1) is 16.4 Å². The summed E-state index contributed by atoms with van der Waals surface area (Å²) in [5.41, 5.74) is 6.61. The quantitative estimate of drug-likeness (QED) is 0.479.